The number of nitrogens with one attached hydrogen (secondary N) is 2. The van der Waals surface area contributed by atoms with Gasteiger partial charge in [0.05, 0.1) is 16.6 Å². The molecule has 0 radical (unpaired) electrons. The van der Waals surface area contributed by atoms with Crippen molar-refractivity contribution in [2.24, 2.45) is 0 Å². The summed E-state index contributed by atoms with van der Waals surface area (Å²) in [6.45, 7) is 2.31. The maximum Gasteiger partial charge on any atom is 0.225 e. The number of halogens is 3. The molecule has 148 valence electrons. The highest BCUT2D eigenvalue weighted by atomic mass is 79.9. The van der Waals surface area contributed by atoms with E-state index < -0.39 is 5.82 Å². The number of aromatic nitrogens is 2. The first-order valence-corrected chi connectivity index (χ1v) is 11.0. The number of rotatable bonds is 6. The first-order chi connectivity index (χ1) is 14.0. The number of anilines is 2. The predicted octanol–water partition coefficient (Wildman–Crippen LogP) is 7.03. The standard InChI is InChI=1S/C21H17BrClFN4S/c1-12(17-9-4-10-29-17)26-20-14-6-3-7-15(22)19(14)27-21(28-20)25-11-13-5-2-8-16(23)18(13)24/h2-10,12H,11H2,1H3,(H2,25,26,27,28)/t12-/m1/s1. The first kappa shape index (κ1) is 20.1. The van der Waals surface area contributed by atoms with Crippen LogP contribution < -0.4 is 10.6 Å². The van der Waals surface area contributed by atoms with Crippen molar-refractivity contribution in [3.8, 4) is 0 Å². The van der Waals surface area contributed by atoms with Crippen LogP contribution in [0.2, 0.25) is 5.02 Å². The van der Waals surface area contributed by atoms with Crippen molar-refractivity contribution in [1.29, 1.82) is 0 Å². The van der Waals surface area contributed by atoms with Crippen LogP contribution in [0, 0.1) is 5.82 Å². The number of thiophene rings is 1. The molecule has 0 spiro atoms. The molecule has 1 atom stereocenters. The molecule has 0 aliphatic carbocycles. The molecule has 2 aromatic carbocycles. The number of hydrogen-bond donors (Lipinski definition) is 2. The normalized spacial score (nSPS) is 12.1. The molecule has 0 unspecified atom stereocenters. The van der Waals surface area contributed by atoms with E-state index in [9.17, 15) is 4.39 Å². The second-order valence-corrected chi connectivity index (χ2v) is 8.72. The fraction of sp³-hybridized carbons (Fsp3) is 0.143. The zero-order chi connectivity index (χ0) is 20.4. The van der Waals surface area contributed by atoms with E-state index in [1.807, 2.05) is 24.3 Å². The van der Waals surface area contributed by atoms with Crippen molar-refractivity contribution in [1.82, 2.24) is 9.97 Å². The maximum absolute atomic E-state index is 14.2. The van der Waals surface area contributed by atoms with Crippen LogP contribution in [0.25, 0.3) is 10.9 Å². The summed E-state index contributed by atoms with van der Waals surface area (Å²) in [6.07, 6.45) is 0. The zero-order valence-corrected chi connectivity index (χ0v) is 18.6. The summed E-state index contributed by atoms with van der Waals surface area (Å²) in [7, 11) is 0. The number of para-hydroxylation sites is 1. The molecule has 8 heteroatoms. The molecular formula is C21H17BrClFN4S. The molecule has 0 fully saturated rings. The van der Waals surface area contributed by atoms with E-state index in [-0.39, 0.29) is 17.6 Å². The minimum Gasteiger partial charge on any atom is -0.362 e. The van der Waals surface area contributed by atoms with Gasteiger partial charge in [-0.2, -0.15) is 4.98 Å². The lowest BCUT2D eigenvalue weighted by molar-refractivity contribution is 0.613. The summed E-state index contributed by atoms with van der Waals surface area (Å²) in [5, 5.41) is 9.65. The largest absolute Gasteiger partial charge is 0.362 e. The van der Waals surface area contributed by atoms with Crippen LogP contribution in [0.15, 0.2) is 58.4 Å². The molecule has 29 heavy (non-hydrogen) atoms. The van der Waals surface area contributed by atoms with E-state index in [1.165, 1.54) is 10.9 Å². The Morgan fingerprint density at radius 2 is 1.97 bits per heavy atom. The second-order valence-electron chi connectivity index (χ2n) is 6.48. The lowest BCUT2D eigenvalue weighted by Gasteiger charge is -2.16. The van der Waals surface area contributed by atoms with Gasteiger partial charge in [-0.05, 0) is 52.5 Å². The number of nitrogens with zero attached hydrogens (tertiary/aromatic N) is 2. The summed E-state index contributed by atoms with van der Waals surface area (Å²) < 4.78 is 15.1. The lowest BCUT2D eigenvalue weighted by atomic mass is 10.2. The Morgan fingerprint density at radius 1 is 1.14 bits per heavy atom. The Bertz CT molecular complexity index is 1150. The molecule has 4 aromatic rings. The Kier molecular flexibility index (Phi) is 5.99. The smallest absolute Gasteiger partial charge is 0.225 e. The molecule has 4 rings (SSSR count). The molecule has 0 saturated carbocycles. The Labute approximate surface area is 185 Å². The van der Waals surface area contributed by atoms with Gasteiger partial charge in [0.2, 0.25) is 5.95 Å². The van der Waals surface area contributed by atoms with E-state index in [0.29, 0.717) is 17.3 Å². The van der Waals surface area contributed by atoms with Gasteiger partial charge in [0, 0.05) is 26.8 Å². The van der Waals surface area contributed by atoms with Crippen molar-refractivity contribution in [2.75, 3.05) is 10.6 Å². The monoisotopic (exact) mass is 490 g/mol. The summed E-state index contributed by atoms with van der Waals surface area (Å²) in [5.41, 5.74) is 1.23. The molecule has 4 nitrogen and oxygen atoms in total. The highest BCUT2D eigenvalue weighted by Gasteiger charge is 2.14. The van der Waals surface area contributed by atoms with Gasteiger partial charge < -0.3 is 10.6 Å². The molecule has 0 aliphatic rings. The van der Waals surface area contributed by atoms with Gasteiger partial charge in [-0.1, -0.05) is 35.9 Å². The second kappa shape index (κ2) is 8.65. The number of benzene rings is 2. The van der Waals surface area contributed by atoms with Gasteiger partial charge in [-0.3, -0.25) is 0 Å². The summed E-state index contributed by atoms with van der Waals surface area (Å²) >= 11 is 11.1. The average Bonchev–Trinajstić information content (AvgIpc) is 3.25. The maximum atomic E-state index is 14.2. The minimum atomic E-state index is -0.437. The number of fused-ring (bicyclic) bond motifs is 1. The Hall–Kier alpha value is -2.22. The highest BCUT2D eigenvalue weighted by molar-refractivity contribution is 9.10. The van der Waals surface area contributed by atoms with E-state index in [0.717, 1.165) is 15.4 Å². The van der Waals surface area contributed by atoms with Gasteiger partial charge in [0.15, 0.2) is 0 Å². The molecule has 2 N–H and O–H groups in total. The molecule has 0 bridgehead atoms. The third kappa shape index (κ3) is 4.37. The van der Waals surface area contributed by atoms with Crippen LogP contribution in [0.1, 0.15) is 23.4 Å². The molecular weight excluding hydrogens is 475 g/mol. The van der Waals surface area contributed by atoms with Crippen molar-refractivity contribution in [3.05, 3.63) is 79.7 Å². The van der Waals surface area contributed by atoms with Gasteiger partial charge in [-0.15, -0.1) is 11.3 Å². The van der Waals surface area contributed by atoms with Crippen LogP contribution in [-0.4, -0.2) is 9.97 Å². The van der Waals surface area contributed by atoms with Crippen LogP contribution >= 0.6 is 38.9 Å². The van der Waals surface area contributed by atoms with Crippen molar-refractivity contribution in [3.63, 3.8) is 0 Å². The number of hydrogen-bond acceptors (Lipinski definition) is 5. The van der Waals surface area contributed by atoms with Crippen molar-refractivity contribution >= 4 is 61.5 Å². The van der Waals surface area contributed by atoms with Crippen LogP contribution in [0.4, 0.5) is 16.2 Å². The average molecular weight is 492 g/mol. The van der Waals surface area contributed by atoms with E-state index in [2.05, 4.69) is 54.9 Å². The molecule has 0 aliphatic heterocycles. The molecule has 2 aromatic heterocycles. The first-order valence-electron chi connectivity index (χ1n) is 8.96. The van der Waals surface area contributed by atoms with Crippen molar-refractivity contribution < 1.29 is 4.39 Å². The quantitative estimate of drug-likeness (QED) is 0.304. The van der Waals surface area contributed by atoms with Gasteiger partial charge in [0.1, 0.15) is 11.6 Å². The summed E-state index contributed by atoms with van der Waals surface area (Å²) in [5.74, 6) is 0.684. The summed E-state index contributed by atoms with van der Waals surface area (Å²) in [4.78, 5) is 10.5. The van der Waals surface area contributed by atoms with E-state index >= 15 is 0 Å². The van der Waals surface area contributed by atoms with Gasteiger partial charge in [0.25, 0.3) is 0 Å². The Morgan fingerprint density at radius 3 is 2.76 bits per heavy atom. The molecule has 2 heterocycles. The van der Waals surface area contributed by atoms with Crippen LogP contribution in [0.3, 0.4) is 0 Å². The van der Waals surface area contributed by atoms with Crippen molar-refractivity contribution in [2.45, 2.75) is 19.5 Å². The van der Waals surface area contributed by atoms with E-state index in [1.54, 1.807) is 23.5 Å². The van der Waals surface area contributed by atoms with Gasteiger partial charge >= 0.3 is 0 Å². The SMILES string of the molecule is C[C@@H](Nc1nc(NCc2cccc(Cl)c2F)nc2c(Br)cccc12)c1cccs1. The van der Waals surface area contributed by atoms with Crippen LogP contribution in [-0.2, 0) is 6.54 Å². The molecule has 0 saturated heterocycles. The topological polar surface area (TPSA) is 49.8 Å². The lowest BCUT2D eigenvalue weighted by Crippen LogP contribution is -2.11. The van der Waals surface area contributed by atoms with Crippen LogP contribution in [0.5, 0.6) is 0 Å². The third-order valence-corrected chi connectivity index (χ3v) is 6.46. The van der Waals surface area contributed by atoms with E-state index in [4.69, 9.17) is 11.6 Å². The fourth-order valence-corrected chi connectivity index (χ4v) is 4.36. The fourth-order valence-electron chi connectivity index (χ4n) is 2.98. The Balaban J connectivity index is 1.67. The zero-order valence-electron chi connectivity index (χ0n) is 15.4. The third-order valence-electron chi connectivity index (χ3n) is 4.47. The molecule has 0 amide bonds. The summed E-state index contributed by atoms with van der Waals surface area (Å²) in [6, 6.07) is 15.0. The minimum absolute atomic E-state index is 0.0882. The highest BCUT2D eigenvalue weighted by Crippen LogP contribution is 2.31. The van der Waals surface area contributed by atoms with Gasteiger partial charge in [-0.25, -0.2) is 9.37 Å². The predicted molar refractivity (Wildman–Crippen MR) is 122 cm³/mol.